The minimum atomic E-state index is -1.66. The molecule has 1 aliphatic rings. The lowest BCUT2D eigenvalue weighted by atomic mass is 9.91. The minimum Gasteiger partial charge on any atom is -0.390 e. The lowest BCUT2D eigenvalue weighted by molar-refractivity contribution is -0.157. The molecule has 0 aliphatic carbocycles. The van der Waals surface area contributed by atoms with Crippen molar-refractivity contribution in [2.24, 2.45) is 40.9 Å². The largest absolute Gasteiger partial charge is 0.390 e. The SMILES string of the molecule is C/C=C/C[C@@H](C)[C@@H](O)[C@H]1C(=O)N[C@@H](CC)C(=O)N(C)[C@H](CSCCN(C)CC(C)(C)C)C(=O)N(C)[C@@H](CC(C)(C)O)C(=O)N[C@@H](C(C)C)C(=O)N(C)[C@@H](CC(C)C)C(=O)N[C@@H](C)C(=O)N[C@H](C)C(=O)N(C)[C@@H](CC(C)C)C(=O)N(C)[C@@H](CC(C)C)C(=O)N(C)[C@@H](C(C)C)C(=O)N1C. The molecule has 25 nitrogen and oxygen atoms in total. The number of carbonyl (C=O) groups is 11. The monoisotopic (exact) mass is 1390 g/mol. The standard InChI is InChI=1S/C71H130N12O13S/c1-29-31-32-46(13)58(84)57-62(88)74-49(30-2)64(90)81(26)54(39-97-34-33-76(21)40-70(16,17)18)67(93)80(25)53(38-71(19,20)96)61(87)75-55(44(9)10)68(94)77(22)50(35-41(3)4)60(86)72-47(14)59(85)73-48(15)63(89)78(23)51(36-42(5)6)65(91)79(24)52(37-43(7)8)66(92)82(27)56(45(11)12)69(95)83(57)28/h29,31,41-58,84,96H,30,32-40H2,1-28H3,(H,72,86)(H,73,85)(H,74,88)(H,75,87)/b31-29+/t46-,47+,48-,49+,50+,51+,52+,53+,54-,55+,56+,57+,58-/m1/s1. The topological polar surface area (TPSA) is 302 Å². The van der Waals surface area contributed by atoms with Crippen molar-refractivity contribution in [3.8, 4) is 0 Å². The van der Waals surface area contributed by atoms with E-state index in [4.69, 9.17) is 0 Å². The zero-order valence-corrected chi connectivity index (χ0v) is 65.3. The third kappa shape index (κ3) is 27.0. The lowest BCUT2D eigenvalue weighted by Gasteiger charge is -2.41. The van der Waals surface area contributed by atoms with Crippen LogP contribution >= 0.6 is 11.8 Å². The Labute approximate surface area is 586 Å². The van der Waals surface area contributed by atoms with Gasteiger partial charge in [0, 0.05) is 80.3 Å². The van der Waals surface area contributed by atoms with Crippen LogP contribution in [0.5, 0.6) is 0 Å². The Kier molecular flexibility index (Phi) is 36.6. The second-order valence-electron chi connectivity index (χ2n) is 31.1. The summed E-state index contributed by atoms with van der Waals surface area (Å²) >= 11 is 1.39. The number of thioether (sulfide) groups is 1. The van der Waals surface area contributed by atoms with Gasteiger partial charge in [-0.25, -0.2) is 0 Å². The summed E-state index contributed by atoms with van der Waals surface area (Å²) in [4.78, 5) is 175. The number of rotatable bonds is 21. The fourth-order valence-electron chi connectivity index (χ4n) is 12.3. The van der Waals surface area contributed by atoms with E-state index in [1.807, 2.05) is 54.7 Å². The van der Waals surface area contributed by atoms with Crippen molar-refractivity contribution in [3.05, 3.63) is 12.2 Å². The molecular weight excluding hydrogens is 1260 g/mol. The molecule has 1 rings (SSSR count). The van der Waals surface area contributed by atoms with Gasteiger partial charge in [0.05, 0.1) is 11.7 Å². The van der Waals surface area contributed by atoms with Crippen LogP contribution < -0.4 is 21.3 Å². The summed E-state index contributed by atoms with van der Waals surface area (Å²) in [6.07, 6.45) is 2.35. The smallest absolute Gasteiger partial charge is 0.246 e. The first-order valence-corrected chi connectivity index (χ1v) is 36.0. The van der Waals surface area contributed by atoms with E-state index in [1.165, 1.54) is 113 Å². The Morgan fingerprint density at radius 2 is 0.948 bits per heavy atom. The Hall–Kier alpha value is -5.86. The summed E-state index contributed by atoms with van der Waals surface area (Å²) in [5.41, 5.74) is -1.61. The number of amides is 11. The number of carbonyl (C=O) groups excluding carboxylic acids is 11. The van der Waals surface area contributed by atoms with E-state index in [9.17, 15) is 29.4 Å². The van der Waals surface area contributed by atoms with Gasteiger partial charge in [0.2, 0.25) is 65.0 Å². The summed E-state index contributed by atoms with van der Waals surface area (Å²) in [5, 5.41) is 34.9. The molecule has 1 aliphatic heterocycles. The van der Waals surface area contributed by atoms with Gasteiger partial charge in [-0.1, -0.05) is 116 Å². The quantitative estimate of drug-likeness (QED) is 0.0683. The van der Waals surface area contributed by atoms with Gasteiger partial charge in [-0.3, -0.25) is 52.7 Å². The van der Waals surface area contributed by atoms with Crippen LogP contribution in [-0.2, 0) is 52.7 Å². The third-order valence-electron chi connectivity index (χ3n) is 18.0. The number of nitrogens with one attached hydrogen (secondary N) is 4. The molecule has 0 aromatic carbocycles. The van der Waals surface area contributed by atoms with E-state index in [0.717, 1.165) is 16.3 Å². The third-order valence-corrected chi connectivity index (χ3v) is 19.0. The van der Waals surface area contributed by atoms with E-state index in [2.05, 4.69) is 46.9 Å². The van der Waals surface area contributed by atoms with Crippen LogP contribution in [0, 0.1) is 40.9 Å². The van der Waals surface area contributed by atoms with Gasteiger partial charge in [0.1, 0.15) is 66.5 Å². The molecule has 1 heterocycles. The van der Waals surface area contributed by atoms with Crippen LogP contribution in [0.2, 0.25) is 0 Å². The van der Waals surface area contributed by atoms with Crippen molar-refractivity contribution in [1.82, 2.24) is 60.5 Å². The van der Waals surface area contributed by atoms with Crippen LogP contribution in [0.25, 0.3) is 0 Å². The predicted molar refractivity (Wildman–Crippen MR) is 383 cm³/mol. The van der Waals surface area contributed by atoms with Crippen molar-refractivity contribution in [1.29, 1.82) is 0 Å². The number of likely N-dealkylation sites (N-methyl/N-ethyl adjacent to an activating group) is 7. The first-order valence-electron chi connectivity index (χ1n) is 34.9. The highest BCUT2D eigenvalue weighted by Crippen LogP contribution is 2.27. The lowest BCUT2D eigenvalue weighted by Crippen LogP contribution is -2.64. The Morgan fingerprint density at radius 3 is 1.41 bits per heavy atom. The number of hydrogen-bond donors (Lipinski definition) is 6. The summed E-state index contributed by atoms with van der Waals surface area (Å²) in [6.45, 7) is 36.7. The zero-order chi connectivity index (χ0) is 75.4. The molecule has 0 bridgehead atoms. The van der Waals surface area contributed by atoms with Crippen molar-refractivity contribution in [3.63, 3.8) is 0 Å². The highest BCUT2D eigenvalue weighted by atomic mass is 32.2. The van der Waals surface area contributed by atoms with E-state index in [1.54, 1.807) is 54.5 Å². The number of nitrogens with zero attached hydrogens (tertiary/aromatic N) is 8. The Bertz CT molecular complexity index is 2660. The molecule has 0 radical (unpaired) electrons. The summed E-state index contributed by atoms with van der Waals surface area (Å²) in [7, 11) is 11.9. The van der Waals surface area contributed by atoms with Crippen molar-refractivity contribution < 1.29 is 63.0 Å². The minimum absolute atomic E-state index is 0.00601. The maximum Gasteiger partial charge on any atom is 0.246 e. The number of hydrogen-bond acceptors (Lipinski definition) is 15. The second-order valence-corrected chi connectivity index (χ2v) is 32.2. The summed E-state index contributed by atoms with van der Waals surface area (Å²) in [5.74, 6) is -9.77. The molecule has 6 N–H and O–H groups in total. The maximum atomic E-state index is 15.5. The Morgan fingerprint density at radius 1 is 0.515 bits per heavy atom. The molecule has 0 spiro atoms. The zero-order valence-electron chi connectivity index (χ0n) is 64.5. The van der Waals surface area contributed by atoms with Gasteiger partial charge in [0.25, 0.3) is 0 Å². The molecule has 11 amide bonds. The van der Waals surface area contributed by atoms with Gasteiger partial charge >= 0.3 is 0 Å². The van der Waals surface area contributed by atoms with Gasteiger partial charge in [-0.05, 0) is 115 Å². The number of allylic oxidation sites excluding steroid dienone is 2. The highest BCUT2D eigenvalue weighted by Gasteiger charge is 2.47. The van der Waals surface area contributed by atoms with Crippen LogP contribution in [0.4, 0.5) is 0 Å². The van der Waals surface area contributed by atoms with E-state index >= 15 is 33.6 Å². The average molecular weight is 1390 g/mol. The van der Waals surface area contributed by atoms with Gasteiger partial charge in [-0.2, -0.15) is 11.8 Å². The number of aliphatic hydroxyl groups excluding tert-OH is 1. The van der Waals surface area contributed by atoms with Crippen molar-refractivity contribution >= 4 is 76.7 Å². The fraction of sp³-hybridized carbons (Fsp3) is 0.817. The number of aliphatic hydroxyl groups is 2. The molecular formula is C71H130N12O13S. The molecule has 97 heavy (non-hydrogen) atoms. The highest BCUT2D eigenvalue weighted by molar-refractivity contribution is 7.99. The molecule has 26 heteroatoms. The van der Waals surface area contributed by atoms with E-state index < -0.39 is 161 Å². The van der Waals surface area contributed by atoms with Crippen LogP contribution in [-0.4, -0.2) is 274 Å². The second kappa shape index (κ2) is 39.8. The van der Waals surface area contributed by atoms with Crippen molar-refractivity contribution in [2.45, 2.75) is 255 Å². The molecule has 0 aromatic rings. The molecule has 0 unspecified atom stereocenters. The molecule has 1 fully saturated rings. The fourth-order valence-corrected chi connectivity index (χ4v) is 13.5. The maximum absolute atomic E-state index is 15.5. The van der Waals surface area contributed by atoms with Crippen LogP contribution in [0.3, 0.4) is 0 Å². The predicted octanol–water partition coefficient (Wildman–Crippen LogP) is 4.46. The van der Waals surface area contributed by atoms with Crippen molar-refractivity contribution in [2.75, 3.05) is 81.0 Å². The normalized spacial score (nSPS) is 26.2. The molecule has 0 saturated carbocycles. The van der Waals surface area contributed by atoms with Gasteiger partial charge in [-0.15, -0.1) is 0 Å². The first-order chi connectivity index (χ1) is 44.5. The van der Waals surface area contributed by atoms with Gasteiger partial charge in [0.15, 0.2) is 0 Å². The van der Waals surface area contributed by atoms with E-state index in [-0.39, 0.29) is 67.4 Å². The average Bonchev–Trinajstić information content (AvgIpc) is 0.810. The summed E-state index contributed by atoms with van der Waals surface area (Å²) < 4.78 is 0. The Balaban J connectivity index is 4.60. The van der Waals surface area contributed by atoms with Crippen LogP contribution in [0.1, 0.15) is 177 Å². The first kappa shape index (κ1) is 89.2. The molecule has 558 valence electrons. The molecule has 1 saturated heterocycles. The molecule has 13 atom stereocenters. The summed E-state index contributed by atoms with van der Waals surface area (Å²) in [6, 6.07) is -14.4. The van der Waals surface area contributed by atoms with E-state index in [0.29, 0.717) is 12.3 Å². The molecule has 0 aromatic heterocycles. The van der Waals surface area contributed by atoms with Crippen LogP contribution in [0.15, 0.2) is 12.2 Å². The van der Waals surface area contributed by atoms with Gasteiger partial charge < -0.3 is 70.7 Å².